The number of hydrogen-bond acceptors (Lipinski definition) is 5. The molecule has 0 saturated carbocycles. The third kappa shape index (κ3) is 4.60. The van der Waals surface area contributed by atoms with Crippen molar-refractivity contribution < 1.29 is 9.59 Å². The molecule has 2 N–H and O–H groups in total. The zero-order valence-electron chi connectivity index (χ0n) is 16.8. The summed E-state index contributed by atoms with van der Waals surface area (Å²) >= 11 is 1.10. The van der Waals surface area contributed by atoms with Crippen molar-refractivity contribution in [2.75, 3.05) is 12.3 Å². The van der Waals surface area contributed by atoms with Gasteiger partial charge in [0.25, 0.3) is 5.56 Å². The number of aromatic nitrogens is 2. The normalized spacial score (nSPS) is 10.6. The minimum Gasteiger partial charge on any atom is -0.334 e. The lowest BCUT2D eigenvalue weighted by Crippen LogP contribution is -2.40. The molecule has 0 saturated heterocycles. The van der Waals surface area contributed by atoms with Gasteiger partial charge in [-0.15, -0.1) is 6.58 Å². The van der Waals surface area contributed by atoms with Crippen LogP contribution in [0.3, 0.4) is 0 Å². The fourth-order valence-corrected chi connectivity index (χ4v) is 3.87. The Hall–Kier alpha value is -3.39. The van der Waals surface area contributed by atoms with E-state index in [1.807, 2.05) is 38.1 Å². The summed E-state index contributed by atoms with van der Waals surface area (Å²) in [6.45, 7) is 7.61. The maximum Gasteiger partial charge on any atom is 0.321 e. The molecule has 7 nitrogen and oxygen atoms in total. The number of benzene rings is 2. The molecule has 0 unspecified atom stereocenters. The monoisotopic (exact) mass is 422 g/mol. The number of urea groups is 1. The van der Waals surface area contributed by atoms with Crippen LogP contribution in [0.25, 0.3) is 16.6 Å². The van der Waals surface area contributed by atoms with Crippen LogP contribution in [0, 0.1) is 13.8 Å². The summed E-state index contributed by atoms with van der Waals surface area (Å²) < 4.78 is 1.54. The Balaban J connectivity index is 1.99. The lowest BCUT2D eigenvalue weighted by atomic mass is 10.1. The maximum absolute atomic E-state index is 13.3. The van der Waals surface area contributed by atoms with E-state index in [0.717, 1.165) is 28.6 Å². The molecule has 0 bridgehead atoms. The van der Waals surface area contributed by atoms with Gasteiger partial charge in [0.05, 0.1) is 22.3 Å². The molecule has 0 fully saturated rings. The molecular formula is C22H22N4O3S. The quantitative estimate of drug-likeness (QED) is 0.362. The van der Waals surface area contributed by atoms with Crippen molar-refractivity contribution in [3.63, 3.8) is 0 Å². The first-order valence-electron chi connectivity index (χ1n) is 9.32. The van der Waals surface area contributed by atoms with Gasteiger partial charge in [0, 0.05) is 6.54 Å². The number of fused-ring (bicyclic) bond motifs is 1. The van der Waals surface area contributed by atoms with Crippen LogP contribution in [0.15, 0.2) is 65.1 Å². The Kier molecular flexibility index (Phi) is 6.68. The number of carbonyl (C=O) groups is 2. The Labute approximate surface area is 178 Å². The van der Waals surface area contributed by atoms with E-state index in [1.54, 1.807) is 22.8 Å². The molecule has 8 heteroatoms. The second-order valence-electron chi connectivity index (χ2n) is 6.63. The fraction of sp³-hybridized carbons (Fsp3) is 0.182. The van der Waals surface area contributed by atoms with Gasteiger partial charge in [-0.2, -0.15) is 0 Å². The van der Waals surface area contributed by atoms with Gasteiger partial charge in [0.2, 0.25) is 5.91 Å². The van der Waals surface area contributed by atoms with E-state index >= 15 is 0 Å². The maximum atomic E-state index is 13.3. The average molecular weight is 423 g/mol. The zero-order chi connectivity index (χ0) is 21.7. The summed E-state index contributed by atoms with van der Waals surface area (Å²) in [5.74, 6) is -0.561. The van der Waals surface area contributed by atoms with Crippen LogP contribution in [0.1, 0.15) is 11.1 Å². The number of para-hydroxylation sites is 2. The summed E-state index contributed by atoms with van der Waals surface area (Å²) in [6, 6.07) is 12.3. The number of nitrogens with one attached hydrogen (secondary N) is 2. The minimum absolute atomic E-state index is 0.0722. The standard InChI is InChI=1S/C22H22N4O3S/c1-4-12-23-21(29)25-18(27)13-30-22-24-17-11-6-5-10-16(17)20(28)26(22)19-14(2)8-7-9-15(19)3/h4-11H,1,12-13H2,2-3H3,(H2,23,25,27,29). The molecular weight excluding hydrogens is 400 g/mol. The lowest BCUT2D eigenvalue weighted by Gasteiger charge is -2.17. The van der Waals surface area contributed by atoms with Gasteiger partial charge in [0.1, 0.15) is 0 Å². The van der Waals surface area contributed by atoms with Gasteiger partial charge in [0.15, 0.2) is 5.16 Å². The van der Waals surface area contributed by atoms with Gasteiger partial charge in [-0.25, -0.2) is 9.78 Å². The van der Waals surface area contributed by atoms with E-state index in [4.69, 9.17) is 0 Å². The smallest absolute Gasteiger partial charge is 0.321 e. The molecule has 0 spiro atoms. The molecule has 2 aromatic carbocycles. The largest absolute Gasteiger partial charge is 0.334 e. The fourth-order valence-electron chi connectivity index (χ4n) is 3.07. The number of nitrogens with zero attached hydrogens (tertiary/aromatic N) is 2. The SMILES string of the molecule is C=CCNC(=O)NC(=O)CSc1nc2ccccc2c(=O)n1-c1c(C)cccc1C. The van der Waals surface area contributed by atoms with E-state index in [0.29, 0.717) is 16.1 Å². The number of rotatable bonds is 6. The van der Waals surface area contributed by atoms with Crippen LogP contribution in [0.2, 0.25) is 0 Å². The topological polar surface area (TPSA) is 93.1 Å². The Morgan fingerprint density at radius 1 is 1.13 bits per heavy atom. The molecule has 1 aromatic heterocycles. The van der Waals surface area contributed by atoms with Gasteiger partial charge >= 0.3 is 6.03 Å². The lowest BCUT2D eigenvalue weighted by molar-refractivity contribution is -0.117. The van der Waals surface area contributed by atoms with E-state index < -0.39 is 11.9 Å². The first-order valence-corrected chi connectivity index (χ1v) is 10.3. The molecule has 0 atom stereocenters. The molecule has 0 aliphatic rings. The predicted molar refractivity (Wildman–Crippen MR) is 119 cm³/mol. The third-order valence-electron chi connectivity index (χ3n) is 4.40. The summed E-state index contributed by atoms with van der Waals surface area (Å²) in [6.07, 6.45) is 1.51. The van der Waals surface area contributed by atoms with Crippen LogP contribution in [0.4, 0.5) is 4.79 Å². The number of hydrogen-bond donors (Lipinski definition) is 2. The molecule has 0 aliphatic heterocycles. The highest BCUT2D eigenvalue weighted by Gasteiger charge is 2.18. The van der Waals surface area contributed by atoms with Crippen molar-refractivity contribution >= 4 is 34.6 Å². The molecule has 3 aromatic rings. The summed E-state index contributed by atoms with van der Waals surface area (Å²) in [4.78, 5) is 41.8. The number of amides is 3. The minimum atomic E-state index is -0.598. The first kappa shape index (κ1) is 21.3. The van der Waals surface area contributed by atoms with Gasteiger partial charge in [-0.1, -0.05) is 48.2 Å². The molecule has 3 rings (SSSR count). The van der Waals surface area contributed by atoms with Crippen LogP contribution >= 0.6 is 11.8 Å². The van der Waals surface area contributed by atoms with Crippen molar-refractivity contribution in [3.8, 4) is 5.69 Å². The van der Waals surface area contributed by atoms with Crippen molar-refractivity contribution in [2.45, 2.75) is 19.0 Å². The van der Waals surface area contributed by atoms with Crippen molar-refractivity contribution in [2.24, 2.45) is 0 Å². The van der Waals surface area contributed by atoms with Crippen molar-refractivity contribution in [3.05, 3.63) is 76.6 Å². The molecule has 1 heterocycles. The van der Waals surface area contributed by atoms with Gasteiger partial charge in [-0.05, 0) is 37.1 Å². The Morgan fingerprint density at radius 3 is 2.53 bits per heavy atom. The highest BCUT2D eigenvalue weighted by Crippen LogP contribution is 2.25. The second kappa shape index (κ2) is 9.41. The summed E-state index contributed by atoms with van der Waals surface area (Å²) in [5, 5.41) is 5.61. The highest BCUT2D eigenvalue weighted by atomic mass is 32.2. The molecule has 3 amide bonds. The van der Waals surface area contributed by atoms with Crippen LogP contribution in [-0.2, 0) is 4.79 Å². The number of aryl methyl sites for hydroxylation is 2. The molecule has 0 aliphatic carbocycles. The highest BCUT2D eigenvalue weighted by molar-refractivity contribution is 7.99. The zero-order valence-corrected chi connectivity index (χ0v) is 17.6. The average Bonchev–Trinajstić information content (AvgIpc) is 2.72. The van der Waals surface area contributed by atoms with E-state index in [9.17, 15) is 14.4 Å². The number of imide groups is 1. The third-order valence-corrected chi connectivity index (χ3v) is 5.34. The van der Waals surface area contributed by atoms with E-state index in [1.165, 1.54) is 6.08 Å². The number of thioether (sulfide) groups is 1. The molecule has 154 valence electrons. The van der Waals surface area contributed by atoms with Crippen molar-refractivity contribution in [1.82, 2.24) is 20.2 Å². The van der Waals surface area contributed by atoms with Crippen molar-refractivity contribution in [1.29, 1.82) is 0 Å². The second-order valence-corrected chi connectivity index (χ2v) is 7.57. The van der Waals surface area contributed by atoms with E-state index in [-0.39, 0.29) is 17.9 Å². The van der Waals surface area contributed by atoms with E-state index in [2.05, 4.69) is 22.2 Å². The van der Waals surface area contributed by atoms with Crippen LogP contribution in [-0.4, -0.2) is 33.8 Å². The summed E-state index contributed by atoms with van der Waals surface area (Å²) in [7, 11) is 0. The first-order chi connectivity index (χ1) is 14.4. The molecule has 30 heavy (non-hydrogen) atoms. The van der Waals surface area contributed by atoms with Crippen LogP contribution < -0.4 is 16.2 Å². The van der Waals surface area contributed by atoms with Crippen LogP contribution in [0.5, 0.6) is 0 Å². The van der Waals surface area contributed by atoms with Gasteiger partial charge < -0.3 is 5.32 Å². The predicted octanol–water partition coefficient (Wildman–Crippen LogP) is 3.11. The Morgan fingerprint density at radius 2 is 1.83 bits per heavy atom. The number of carbonyl (C=O) groups excluding carboxylic acids is 2. The van der Waals surface area contributed by atoms with Gasteiger partial charge in [-0.3, -0.25) is 19.5 Å². The molecule has 0 radical (unpaired) electrons. The summed E-state index contributed by atoms with van der Waals surface area (Å²) in [5.41, 5.74) is 2.93. The Bertz CT molecular complexity index is 1170.